The Morgan fingerprint density at radius 1 is 1.12 bits per heavy atom. The largest absolute Gasteiger partial charge is 0.493 e. The number of piperazine rings is 1. The second kappa shape index (κ2) is 10.2. The highest BCUT2D eigenvalue weighted by Crippen LogP contribution is 2.45. The molecule has 1 fully saturated rings. The van der Waals surface area contributed by atoms with Crippen LogP contribution in [0, 0.1) is 15.5 Å². The number of nitro groups is 1. The summed E-state index contributed by atoms with van der Waals surface area (Å²) in [5.41, 5.74) is 0.583. The Labute approximate surface area is 167 Å². The van der Waals surface area contributed by atoms with Gasteiger partial charge < -0.3 is 14.8 Å². The average molecular weight is 410 g/mol. The number of rotatable bonds is 5. The van der Waals surface area contributed by atoms with Gasteiger partial charge in [-0.2, -0.15) is 0 Å². The van der Waals surface area contributed by atoms with Crippen molar-refractivity contribution in [3.63, 3.8) is 0 Å². The van der Waals surface area contributed by atoms with Gasteiger partial charge >= 0.3 is 0 Å². The van der Waals surface area contributed by atoms with Gasteiger partial charge in [-0.15, -0.1) is 24.8 Å². The van der Waals surface area contributed by atoms with Gasteiger partial charge in [-0.3, -0.25) is 15.0 Å². The van der Waals surface area contributed by atoms with Crippen LogP contribution in [0.5, 0.6) is 11.5 Å². The number of halogens is 2. The molecule has 1 saturated heterocycles. The third-order valence-corrected chi connectivity index (χ3v) is 4.36. The van der Waals surface area contributed by atoms with E-state index in [0.717, 1.165) is 26.2 Å². The molecular weight excluding hydrogens is 381 g/mol. The van der Waals surface area contributed by atoms with Crippen molar-refractivity contribution in [3.8, 4) is 11.5 Å². The summed E-state index contributed by atoms with van der Waals surface area (Å²) in [7, 11) is 3.03. The molecule has 1 aliphatic rings. The Morgan fingerprint density at radius 2 is 1.62 bits per heavy atom. The maximum Gasteiger partial charge on any atom is 0.278 e. The van der Waals surface area contributed by atoms with E-state index >= 15 is 0 Å². The molecule has 0 radical (unpaired) electrons. The van der Waals surface area contributed by atoms with Crippen molar-refractivity contribution in [1.29, 1.82) is 0 Å². The maximum atomic E-state index is 11.7. The lowest BCUT2D eigenvalue weighted by atomic mass is 9.80. The summed E-state index contributed by atoms with van der Waals surface area (Å²) in [4.78, 5) is 13.7. The molecule has 1 heterocycles. The fourth-order valence-corrected chi connectivity index (χ4v) is 3.41. The molecule has 0 aromatic heterocycles. The molecule has 7 nitrogen and oxygen atoms in total. The lowest BCUT2D eigenvalue weighted by Gasteiger charge is -2.42. The Hall–Kier alpha value is -1.28. The Kier molecular flexibility index (Phi) is 9.66. The summed E-state index contributed by atoms with van der Waals surface area (Å²) in [6.45, 7) is 9.81. The fourth-order valence-electron chi connectivity index (χ4n) is 3.41. The van der Waals surface area contributed by atoms with Crippen LogP contribution >= 0.6 is 24.8 Å². The number of hydrogen-bond donors (Lipinski definition) is 1. The van der Waals surface area contributed by atoms with Gasteiger partial charge in [-0.1, -0.05) is 20.8 Å². The van der Waals surface area contributed by atoms with Crippen LogP contribution < -0.4 is 14.8 Å². The van der Waals surface area contributed by atoms with Gasteiger partial charge in [0.1, 0.15) is 0 Å². The van der Waals surface area contributed by atoms with Crippen molar-refractivity contribution in [2.24, 2.45) is 5.41 Å². The third-order valence-electron chi connectivity index (χ3n) is 4.36. The predicted molar refractivity (Wildman–Crippen MR) is 107 cm³/mol. The molecule has 9 heteroatoms. The van der Waals surface area contributed by atoms with Crippen LogP contribution in [0.1, 0.15) is 32.4 Å². The van der Waals surface area contributed by atoms with E-state index in [0.29, 0.717) is 17.1 Å². The zero-order valence-electron chi connectivity index (χ0n) is 15.9. The van der Waals surface area contributed by atoms with Gasteiger partial charge in [0.25, 0.3) is 5.69 Å². The zero-order chi connectivity index (χ0) is 17.9. The number of nitro benzene ring substituents is 1. The molecule has 0 amide bonds. The van der Waals surface area contributed by atoms with Crippen LogP contribution in [0.25, 0.3) is 0 Å². The molecule has 1 aliphatic heterocycles. The number of nitrogens with one attached hydrogen (secondary N) is 1. The van der Waals surface area contributed by atoms with Crippen molar-refractivity contribution >= 4 is 30.5 Å². The summed E-state index contributed by atoms with van der Waals surface area (Å²) in [6.07, 6.45) is 0. The van der Waals surface area contributed by atoms with Gasteiger partial charge in [-0.05, 0) is 11.5 Å². The fraction of sp³-hybridized carbons (Fsp3) is 0.647. The van der Waals surface area contributed by atoms with Crippen molar-refractivity contribution in [2.75, 3.05) is 40.4 Å². The Balaban J connectivity index is 0.00000312. The van der Waals surface area contributed by atoms with Crippen molar-refractivity contribution < 1.29 is 14.4 Å². The van der Waals surface area contributed by atoms with Crippen LogP contribution in [-0.2, 0) is 0 Å². The highest BCUT2D eigenvalue weighted by molar-refractivity contribution is 5.85. The number of nitrogens with zero attached hydrogens (tertiary/aromatic N) is 2. The number of hydrogen-bond acceptors (Lipinski definition) is 6. The summed E-state index contributed by atoms with van der Waals surface area (Å²) >= 11 is 0. The standard InChI is InChI=1S/C17H27N3O4.2ClH/c1-17(2,3)16(19-8-6-18-7-9-19)12-10-14(23-4)15(24-5)11-13(12)20(21)22;;/h10-11,16,18H,6-9H2,1-5H3;2*1H/t16-;;/m1../s1. The first-order valence-electron chi connectivity index (χ1n) is 8.14. The average Bonchev–Trinajstić information content (AvgIpc) is 2.54. The summed E-state index contributed by atoms with van der Waals surface area (Å²) in [5, 5.41) is 15.0. The van der Waals surface area contributed by atoms with E-state index in [1.165, 1.54) is 13.2 Å². The first-order valence-corrected chi connectivity index (χ1v) is 8.14. The molecule has 26 heavy (non-hydrogen) atoms. The molecular formula is C17H29Cl2N3O4. The van der Waals surface area contributed by atoms with Gasteiger partial charge in [0, 0.05) is 32.2 Å². The molecule has 150 valence electrons. The molecule has 1 aromatic rings. The first-order chi connectivity index (χ1) is 11.3. The van der Waals surface area contributed by atoms with Crippen molar-refractivity contribution in [2.45, 2.75) is 26.8 Å². The third kappa shape index (κ3) is 5.36. The summed E-state index contributed by atoms with van der Waals surface area (Å²) in [6, 6.07) is 3.14. The van der Waals surface area contributed by atoms with Crippen LogP contribution in [0.4, 0.5) is 5.69 Å². The molecule has 1 atom stereocenters. The smallest absolute Gasteiger partial charge is 0.278 e. The SMILES string of the molecule is COc1cc([C@@H](N2CCNCC2)C(C)(C)C)c([N+](=O)[O-])cc1OC.Cl.Cl. The minimum Gasteiger partial charge on any atom is -0.493 e. The number of benzene rings is 1. The molecule has 0 unspecified atom stereocenters. The van der Waals surface area contributed by atoms with E-state index in [2.05, 4.69) is 31.0 Å². The van der Waals surface area contributed by atoms with Crippen molar-refractivity contribution in [3.05, 3.63) is 27.8 Å². The monoisotopic (exact) mass is 409 g/mol. The summed E-state index contributed by atoms with van der Waals surface area (Å²) in [5.74, 6) is 0.892. The van der Waals surface area contributed by atoms with E-state index in [4.69, 9.17) is 9.47 Å². The summed E-state index contributed by atoms with van der Waals surface area (Å²) < 4.78 is 10.6. The molecule has 2 rings (SSSR count). The lowest BCUT2D eigenvalue weighted by molar-refractivity contribution is -0.386. The molecule has 0 saturated carbocycles. The van der Waals surface area contributed by atoms with Gasteiger partial charge in [0.15, 0.2) is 11.5 Å². The highest BCUT2D eigenvalue weighted by Gasteiger charge is 2.37. The van der Waals surface area contributed by atoms with Crippen LogP contribution in [0.2, 0.25) is 0 Å². The van der Waals surface area contributed by atoms with E-state index < -0.39 is 0 Å². The zero-order valence-corrected chi connectivity index (χ0v) is 17.5. The molecule has 1 aromatic carbocycles. The van der Waals surface area contributed by atoms with E-state index in [1.54, 1.807) is 13.2 Å². The number of methoxy groups -OCH3 is 2. The van der Waals surface area contributed by atoms with Gasteiger partial charge in [0.05, 0.1) is 30.8 Å². The van der Waals surface area contributed by atoms with Crippen LogP contribution in [-0.4, -0.2) is 50.2 Å². The molecule has 0 spiro atoms. The first kappa shape index (κ1) is 24.7. The second-order valence-electron chi connectivity index (χ2n) is 7.08. The van der Waals surface area contributed by atoms with E-state index in [1.807, 2.05) is 0 Å². The Morgan fingerprint density at radius 3 is 2.04 bits per heavy atom. The van der Waals surface area contributed by atoms with Crippen LogP contribution in [0.15, 0.2) is 12.1 Å². The van der Waals surface area contributed by atoms with E-state index in [-0.39, 0.29) is 46.9 Å². The second-order valence-corrected chi connectivity index (χ2v) is 7.08. The maximum absolute atomic E-state index is 11.7. The highest BCUT2D eigenvalue weighted by atomic mass is 35.5. The van der Waals surface area contributed by atoms with Crippen molar-refractivity contribution in [1.82, 2.24) is 10.2 Å². The molecule has 0 aliphatic carbocycles. The van der Waals surface area contributed by atoms with Crippen LogP contribution in [0.3, 0.4) is 0 Å². The van der Waals surface area contributed by atoms with Gasteiger partial charge in [0.2, 0.25) is 0 Å². The normalized spacial score (nSPS) is 16.0. The Bertz CT molecular complexity index is 602. The lowest BCUT2D eigenvalue weighted by Crippen LogP contribution is -2.48. The van der Waals surface area contributed by atoms with E-state index in [9.17, 15) is 10.1 Å². The minimum atomic E-state index is -0.335. The topological polar surface area (TPSA) is 76.9 Å². The predicted octanol–water partition coefficient (Wildman–Crippen LogP) is 3.45. The quantitative estimate of drug-likeness (QED) is 0.592. The minimum absolute atomic E-state index is 0. The van der Waals surface area contributed by atoms with Gasteiger partial charge in [-0.25, -0.2) is 0 Å². The molecule has 0 bridgehead atoms. The number of ether oxygens (including phenoxy) is 2. The molecule has 1 N–H and O–H groups in total.